The van der Waals surface area contributed by atoms with E-state index in [-0.39, 0.29) is 5.82 Å². The van der Waals surface area contributed by atoms with Gasteiger partial charge in [0.15, 0.2) is 6.23 Å². The van der Waals surface area contributed by atoms with Gasteiger partial charge in [-0.1, -0.05) is 0 Å². The number of esters is 1. The average molecular weight is 456 g/mol. The fourth-order valence-electron chi connectivity index (χ4n) is 3.04. The number of nitrogens with one attached hydrogen (secondary N) is 2. The zero-order valence-corrected chi connectivity index (χ0v) is 18.3. The van der Waals surface area contributed by atoms with Crippen LogP contribution in [0, 0.1) is 0 Å². The summed E-state index contributed by atoms with van der Waals surface area (Å²) >= 11 is 0. The highest BCUT2D eigenvalue weighted by Crippen LogP contribution is 2.28. The van der Waals surface area contributed by atoms with E-state index in [2.05, 4.69) is 15.5 Å². The van der Waals surface area contributed by atoms with Crippen LogP contribution in [0.5, 0.6) is 0 Å². The summed E-state index contributed by atoms with van der Waals surface area (Å²) in [6.45, 7) is 5.82. The number of nitrogens with zero attached hydrogens (tertiary/aromatic N) is 2. The first kappa shape index (κ1) is 25.9. The topological polar surface area (TPSA) is 192 Å². The quantitative estimate of drug-likeness (QED) is 0.180. The first-order valence-electron chi connectivity index (χ1n) is 10.0. The summed E-state index contributed by atoms with van der Waals surface area (Å²) in [5, 5.41) is 43.5. The Hall–Kier alpha value is -2.36. The molecule has 1 amide bonds. The molecule has 13 nitrogen and oxygen atoms in total. The summed E-state index contributed by atoms with van der Waals surface area (Å²) in [6, 6.07) is 0.118. The maximum absolute atomic E-state index is 12.4. The van der Waals surface area contributed by atoms with Gasteiger partial charge in [-0.15, -0.1) is 0 Å². The summed E-state index contributed by atoms with van der Waals surface area (Å²) in [7, 11) is -1.08. The van der Waals surface area contributed by atoms with Crippen molar-refractivity contribution in [2.24, 2.45) is 0 Å². The van der Waals surface area contributed by atoms with Gasteiger partial charge in [0, 0.05) is 6.20 Å². The molecule has 2 rings (SSSR count). The molecule has 1 aromatic heterocycles. The van der Waals surface area contributed by atoms with Crippen molar-refractivity contribution in [2.45, 2.75) is 70.2 Å². The van der Waals surface area contributed by atoms with Crippen LogP contribution in [0.1, 0.15) is 33.4 Å². The number of rotatable bonds is 8. The van der Waals surface area contributed by atoms with Gasteiger partial charge in [-0.2, -0.15) is 4.98 Å². The number of aliphatic hydroxyl groups is 3. The van der Waals surface area contributed by atoms with Crippen molar-refractivity contribution in [3.05, 3.63) is 22.7 Å². The van der Waals surface area contributed by atoms with Gasteiger partial charge in [-0.3, -0.25) is 14.2 Å². The zero-order valence-electron chi connectivity index (χ0n) is 18.3. The Morgan fingerprint density at radius 3 is 2.50 bits per heavy atom. The second-order valence-corrected chi connectivity index (χ2v) is 8.41. The Labute approximate surface area is 184 Å². The number of aliphatic hydroxyl groups excluding tert-OH is 3. The Morgan fingerprint density at radius 2 is 2.00 bits per heavy atom. The molecule has 0 radical (unpaired) electrons. The van der Waals surface area contributed by atoms with Crippen LogP contribution in [-0.2, 0) is 19.1 Å². The van der Waals surface area contributed by atoms with Gasteiger partial charge < -0.3 is 40.4 Å². The van der Waals surface area contributed by atoms with Gasteiger partial charge in [0.25, 0.3) is 0 Å². The third-order valence-corrected chi connectivity index (χ3v) is 4.41. The van der Waals surface area contributed by atoms with Gasteiger partial charge in [0.05, 0.1) is 13.0 Å². The molecule has 2 unspecified atom stereocenters. The third kappa shape index (κ3) is 6.82. The minimum Gasteiger partial charge on any atom is -0.459 e. The molecule has 14 heteroatoms. The highest BCUT2D eigenvalue weighted by atomic mass is 16.6. The normalized spacial score (nSPS) is 24.1. The van der Waals surface area contributed by atoms with E-state index in [0.29, 0.717) is 0 Å². The molecule has 0 saturated carbocycles. The second-order valence-electron chi connectivity index (χ2n) is 8.41. The van der Waals surface area contributed by atoms with E-state index in [1.54, 1.807) is 20.8 Å². The number of aromatic nitrogens is 2. The lowest BCUT2D eigenvalue weighted by atomic mass is 9.86. The van der Waals surface area contributed by atoms with Crippen LogP contribution in [0.3, 0.4) is 0 Å². The van der Waals surface area contributed by atoms with E-state index in [4.69, 9.17) is 14.6 Å². The van der Waals surface area contributed by atoms with Crippen molar-refractivity contribution in [3.63, 3.8) is 0 Å². The van der Waals surface area contributed by atoms with Gasteiger partial charge in [-0.05, 0) is 33.7 Å². The molecule has 32 heavy (non-hydrogen) atoms. The highest BCUT2D eigenvalue weighted by molar-refractivity contribution is 6.46. The van der Waals surface area contributed by atoms with Crippen molar-refractivity contribution >= 4 is 24.7 Å². The Kier molecular flexibility index (Phi) is 8.50. The van der Waals surface area contributed by atoms with Crippen molar-refractivity contribution in [2.75, 3.05) is 11.9 Å². The van der Waals surface area contributed by atoms with Crippen LogP contribution in [0.4, 0.5) is 5.82 Å². The summed E-state index contributed by atoms with van der Waals surface area (Å²) in [5.41, 5.74) is -1.68. The predicted octanol–water partition coefficient (Wildman–Crippen LogP) is -2.41. The Balaban J connectivity index is 2.08. The highest BCUT2D eigenvalue weighted by Gasteiger charge is 2.43. The predicted molar refractivity (Wildman–Crippen MR) is 111 cm³/mol. The molecule has 178 valence electrons. The number of hydrogen-bond acceptors (Lipinski definition) is 11. The maximum Gasteiger partial charge on any atom is 0.374 e. The molecule has 1 aliphatic rings. The van der Waals surface area contributed by atoms with E-state index < -0.39 is 73.8 Å². The zero-order chi connectivity index (χ0) is 24.2. The molecule has 1 saturated heterocycles. The lowest BCUT2D eigenvalue weighted by Gasteiger charge is -2.24. The van der Waals surface area contributed by atoms with Gasteiger partial charge in [0.2, 0.25) is 5.91 Å². The molecule has 1 aromatic rings. The summed E-state index contributed by atoms with van der Waals surface area (Å²) < 4.78 is 11.4. The first-order chi connectivity index (χ1) is 14.8. The number of carbonyl (C=O) groups is 2. The second kappa shape index (κ2) is 10.5. The molecule has 0 aromatic carbocycles. The van der Waals surface area contributed by atoms with Crippen molar-refractivity contribution in [1.82, 2.24) is 14.8 Å². The standard InChI is InChI=1S/C18H29BN4O9/c1-18(2,3)32-16(28)9(22-19(4)30)7-12(25)20-11-5-6-23(17(29)21-11)15-14(27)13(26)10(8-24)31-15/h5-6,9-10,13-15,22,24,26-27,30H,7-8H2,1-4H3,(H,20,21,25,29)/t9?,10-,13+,14?,15-/m1/s1. The Morgan fingerprint density at radius 1 is 1.34 bits per heavy atom. The van der Waals surface area contributed by atoms with E-state index in [0.717, 1.165) is 4.57 Å². The van der Waals surface area contributed by atoms with Crippen LogP contribution in [0.15, 0.2) is 17.1 Å². The van der Waals surface area contributed by atoms with Gasteiger partial charge in [0.1, 0.15) is 35.8 Å². The number of anilines is 1. The van der Waals surface area contributed by atoms with Crippen molar-refractivity contribution in [3.8, 4) is 0 Å². The molecular formula is C18H29BN4O9. The van der Waals surface area contributed by atoms with Gasteiger partial charge in [-0.25, -0.2) is 4.79 Å². The van der Waals surface area contributed by atoms with Crippen molar-refractivity contribution < 1.29 is 39.4 Å². The van der Waals surface area contributed by atoms with E-state index in [9.17, 15) is 29.6 Å². The van der Waals surface area contributed by atoms with Crippen LogP contribution in [0.2, 0.25) is 6.82 Å². The lowest BCUT2D eigenvalue weighted by Crippen LogP contribution is -2.49. The van der Waals surface area contributed by atoms with E-state index >= 15 is 0 Å². The minimum absolute atomic E-state index is 0.122. The minimum atomic E-state index is -1.46. The Bertz CT molecular complexity index is 873. The maximum atomic E-state index is 12.4. The fourth-order valence-corrected chi connectivity index (χ4v) is 3.04. The number of hydrogen-bond donors (Lipinski definition) is 6. The average Bonchev–Trinajstić information content (AvgIpc) is 2.94. The van der Waals surface area contributed by atoms with Crippen LogP contribution < -0.4 is 16.2 Å². The summed E-state index contributed by atoms with van der Waals surface area (Å²) in [4.78, 5) is 40.7. The summed E-state index contributed by atoms with van der Waals surface area (Å²) in [6.07, 6.45) is -4.38. The fraction of sp³-hybridized carbons (Fsp3) is 0.667. The van der Waals surface area contributed by atoms with Gasteiger partial charge >= 0.3 is 18.7 Å². The summed E-state index contributed by atoms with van der Waals surface area (Å²) in [5.74, 6) is -1.53. The van der Waals surface area contributed by atoms with Crippen LogP contribution in [-0.4, -0.2) is 85.4 Å². The molecule has 1 fully saturated rings. The smallest absolute Gasteiger partial charge is 0.374 e. The first-order valence-corrected chi connectivity index (χ1v) is 10.0. The monoisotopic (exact) mass is 456 g/mol. The van der Waals surface area contributed by atoms with E-state index in [1.165, 1.54) is 19.1 Å². The molecule has 2 heterocycles. The molecule has 5 atom stereocenters. The molecular weight excluding hydrogens is 427 g/mol. The SMILES string of the molecule is CB(O)NC(CC(=O)Nc1ccn([C@@H]2O[C@H](CO)[C@H](O)C2O)c(=O)n1)C(=O)OC(C)(C)C. The lowest BCUT2D eigenvalue weighted by molar-refractivity contribution is -0.157. The molecule has 1 aliphatic heterocycles. The van der Waals surface area contributed by atoms with E-state index in [1.807, 2.05) is 0 Å². The number of amides is 1. The largest absolute Gasteiger partial charge is 0.459 e. The molecule has 0 spiro atoms. The number of carbonyl (C=O) groups excluding carboxylic acids is 2. The molecule has 6 N–H and O–H groups in total. The third-order valence-electron chi connectivity index (χ3n) is 4.41. The number of ether oxygens (including phenoxy) is 2. The molecule has 0 bridgehead atoms. The van der Waals surface area contributed by atoms with Crippen LogP contribution >= 0.6 is 0 Å². The molecule has 0 aliphatic carbocycles. The van der Waals surface area contributed by atoms with Crippen LogP contribution in [0.25, 0.3) is 0 Å². The van der Waals surface area contributed by atoms with Crippen molar-refractivity contribution in [1.29, 1.82) is 0 Å².